The number of hydrogen-bond donors (Lipinski definition) is 1. The molecule has 3 rings (SSSR count). The molecule has 0 atom stereocenters. The molecule has 0 spiro atoms. The molecule has 3 nitrogen and oxygen atoms in total. The van der Waals surface area contributed by atoms with Crippen LogP contribution in [0.2, 0.25) is 0 Å². The first-order valence-electron chi connectivity index (χ1n) is 5.37. The van der Waals surface area contributed by atoms with Crippen molar-refractivity contribution in [3.8, 4) is 11.5 Å². The van der Waals surface area contributed by atoms with Crippen LogP contribution in [0, 0.1) is 5.82 Å². The van der Waals surface area contributed by atoms with E-state index in [0.717, 1.165) is 0 Å². The van der Waals surface area contributed by atoms with Crippen molar-refractivity contribution in [3.05, 3.63) is 45.1 Å². The Labute approximate surface area is 124 Å². The van der Waals surface area contributed by atoms with Crippen molar-refractivity contribution in [2.24, 2.45) is 0 Å². The molecule has 0 bridgehead atoms. The fraction of sp³-hybridized carbons (Fsp3) is 0. The van der Waals surface area contributed by atoms with Crippen LogP contribution < -0.4 is 5.73 Å². The zero-order valence-corrected chi connectivity index (χ0v) is 12.6. The molecule has 0 aliphatic rings. The molecule has 0 aliphatic heterocycles. The van der Waals surface area contributed by atoms with E-state index in [4.69, 9.17) is 10.2 Å². The number of aromatic nitrogens is 1. The first kappa shape index (κ1) is 12.6. The molecule has 0 saturated heterocycles. The first-order chi connectivity index (χ1) is 9.08. The second-order valence-corrected chi connectivity index (χ2v) is 5.58. The van der Waals surface area contributed by atoms with Gasteiger partial charge in [0, 0.05) is 4.47 Å². The van der Waals surface area contributed by atoms with Crippen molar-refractivity contribution in [2.45, 2.75) is 0 Å². The van der Waals surface area contributed by atoms with Crippen LogP contribution in [0.15, 0.2) is 43.7 Å². The highest BCUT2D eigenvalue weighted by Gasteiger charge is 2.16. The quantitative estimate of drug-likeness (QED) is 0.615. The standard InChI is InChI=1S/C13H7Br2FN2O/c14-7-5-9-12(10(15)11(7)17)18-13(19-9)6-3-1-2-4-8(6)16/h1-5H,17H2. The number of nitrogen functional groups attached to an aromatic ring is 1. The van der Waals surface area contributed by atoms with Gasteiger partial charge in [0.1, 0.15) is 11.3 Å². The molecule has 0 aliphatic carbocycles. The summed E-state index contributed by atoms with van der Waals surface area (Å²) in [6, 6.07) is 8.04. The van der Waals surface area contributed by atoms with Crippen LogP contribution in [0.1, 0.15) is 0 Å². The van der Waals surface area contributed by atoms with Crippen LogP contribution in [0.5, 0.6) is 0 Å². The fourth-order valence-electron chi connectivity index (χ4n) is 1.76. The Morgan fingerprint density at radius 3 is 2.68 bits per heavy atom. The van der Waals surface area contributed by atoms with Crippen molar-refractivity contribution >= 4 is 48.6 Å². The highest BCUT2D eigenvalue weighted by Crippen LogP contribution is 2.37. The monoisotopic (exact) mass is 384 g/mol. The van der Waals surface area contributed by atoms with E-state index in [1.165, 1.54) is 6.07 Å². The molecule has 0 amide bonds. The molecule has 6 heteroatoms. The minimum atomic E-state index is -0.378. The Balaban J connectivity index is 2.29. The van der Waals surface area contributed by atoms with E-state index in [9.17, 15) is 4.39 Å². The molecule has 19 heavy (non-hydrogen) atoms. The van der Waals surface area contributed by atoms with Crippen molar-refractivity contribution in [1.29, 1.82) is 0 Å². The minimum absolute atomic E-state index is 0.228. The van der Waals surface area contributed by atoms with E-state index in [-0.39, 0.29) is 11.7 Å². The molecular weight excluding hydrogens is 379 g/mol. The van der Waals surface area contributed by atoms with Crippen molar-refractivity contribution in [2.75, 3.05) is 5.73 Å². The lowest BCUT2D eigenvalue weighted by Crippen LogP contribution is -1.89. The maximum atomic E-state index is 13.7. The van der Waals surface area contributed by atoms with Gasteiger partial charge in [0.05, 0.1) is 15.7 Å². The summed E-state index contributed by atoms with van der Waals surface area (Å²) in [5, 5.41) is 0. The lowest BCUT2D eigenvalue weighted by Gasteiger charge is -1.99. The summed E-state index contributed by atoms with van der Waals surface area (Å²) >= 11 is 6.70. The van der Waals surface area contributed by atoms with E-state index in [2.05, 4.69) is 36.8 Å². The number of anilines is 1. The molecule has 1 aromatic heterocycles. The molecule has 1 heterocycles. The Hall–Kier alpha value is -1.40. The summed E-state index contributed by atoms with van der Waals surface area (Å²) in [4.78, 5) is 4.29. The van der Waals surface area contributed by atoms with Crippen molar-refractivity contribution in [3.63, 3.8) is 0 Å². The number of benzene rings is 2. The maximum absolute atomic E-state index is 13.7. The third-order valence-corrected chi connectivity index (χ3v) is 4.18. The minimum Gasteiger partial charge on any atom is -0.436 e. The lowest BCUT2D eigenvalue weighted by atomic mass is 10.2. The Bertz CT molecular complexity index is 786. The summed E-state index contributed by atoms with van der Waals surface area (Å²) < 4.78 is 20.6. The predicted molar refractivity (Wildman–Crippen MR) is 79.2 cm³/mol. The number of hydrogen-bond acceptors (Lipinski definition) is 3. The van der Waals surface area contributed by atoms with E-state index in [0.29, 0.717) is 31.3 Å². The molecule has 2 N–H and O–H groups in total. The lowest BCUT2D eigenvalue weighted by molar-refractivity contribution is 0.593. The zero-order valence-electron chi connectivity index (χ0n) is 9.45. The Kier molecular flexibility index (Phi) is 3.06. The molecule has 0 saturated carbocycles. The molecule has 0 fully saturated rings. The third-order valence-electron chi connectivity index (χ3n) is 2.72. The van der Waals surface area contributed by atoms with Gasteiger partial charge in [0.2, 0.25) is 5.89 Å². The van der Waals surface area contributed by atoms with Crippen molar-refractivity contribution < 1.29 is 8.81 Å². The van der Waals surface area contributed by atoms with Gasteiger partial charge < -0.3 is 10.2 Å². The maximum Gasteiger partial charge on any atom is 0.230 e. The Morgan fingerprint density at radius 1 is 1.21 bits per heavy atom. The van der Waals surface area contributed by atoms with Gasteiger partial charge in [-0.25, -0.2) is 9.37 Å². The summed E-state index contributed by atoms with van der Waals surface area (Å²) in [5.41, 5.74) is 7.83. The number of nitrogens with two attached hydrogens (primary N) is 1. The number of nitrogens with zero attached hydrogens (tertiary/aromatic N) is 1. The van der Waals surface area contributed by atoms with Gasteiger partial charge in [-0.2, -0.15) is 0 Å². The highest BCUT2D eigenvalue weighted by molar-refractivity contribution is 9.11. The zero-order chi connectivity index (χ0) is 13.6. The van der Waals surface area contributed by atoms with Crippen LogP contribution in [-0.2, 0) is 0 Å². The average Bonchev–Trinajstić information content (AvgIpc) is 2.80. The molecular formula is C13H7Br2FN2O. The summed E-state index contributed by atoms with van der Waals surface area (Å²) in [6.45, 7) is 0. The van der Waals surface area contributed by atoms with Gasteiger partial charge in [0.15, 0.2) is 5.58 Å². The summed E-state index contributed by atoms with van der Waals surface area (Å²) in [6.07, 6.45) is 0. The highest BCUT2D eigenvalue weighted by atomic mass is 79.9. The van der Waals surface area contributed by atoms with Gasteiger partial charge in [-0.1, -0.05) is 12.1 Å². The second-order valence-electron chi connectivity index (χ2n) is 3.93. The summed E-state index contributed by atoms with van der Waals surface area (Å²) in [5.74, 6) is -0.150. The summed E-state index contributed by atoms with van der Waals surface area (Å²) in [7, 11) is 0. The van der Waals surface area contributed by atoms with E-state index in [1.807, 2.05) is 0 Å². The van der Waals surface area contributed by atoms with Gasteiger partial charge in [-0.3, -0.25) is 0 Å². The van der Waals surface area contributed by atoms with Crippen molar-refractivity contribution in [1.82, 2.24) is 4.98 Å². The predicted octanol–water partition coefficient (Wildman–Crippen LogP) is 4.74. The van der Waals surface area contributed by atoms with Crippen LogP contribution in [0.25, 0.3) is 22.6 Å². The smallest absolute Gasteiger partial charge is 0.230 e. The van der Waals surface area contributed by atoms with E-state index < -0.39 is 0 Å². The second kappa shape index (κ2) is 4.61. The topological polar surface area (TPSA) is 52.0 Å². The molecule has 96 valence electrons. The molecule has 2 aromatic carbocycles. The molecule has 0 unspecified atom stereocenters. The third kappa shape index (κ3) is 2.04. The van der Waals surface area contributed by atoms with Crippen LogP contribution in [0.3, 0.4) is 0 Å². The van der Waals surface area contributed by atoms with Crippen LogP contribution in [-0.4, -0.2) is 4.98 Å². The number of fused-ring (bicyclic) bond motifs is 1. The van der Waals surface area contributed by atoms with Crippen LogP contribution in [0.4, 0.5) is 10.1 Å². The molecule has 3 aromatic rings. The number of rotatable bonds is 1. The Morgan fingerprint density at radius 2 is 1.95 bits per heavy atom. The fourth-order valence-corrected chi connectivity index (χ4v) is 2.93. The van der Waals surface area contributed by atoms with Gasteiger partial charge >= 0.3 is 0 Å². The van der Waals surface area contributed by atoms with E-state index >= 15 is 0 Å². The van der Waals surface area contributed by atoms with E-state index in [1.54, 1.807) is 24.3 Å². The number of halogens is 3. The van der Waals surface area contributed by atoms with Gasteiger partial charge in [-0.15, -0.1) is 0 Å². The first-order valence-corrected chi connectivity index (χ1v) is 6.95. The SMILES string of the molecule is Nc1c(Br)cc2oc(-c3ccccc3F)nc2c1Br. The number of oxazole rings is 1. The normalized spacial score (nSPS) is 11.1. The average molecular weight is 386 g/mol. The van der Waals surface area contributed by atoms with Gasteiger partial charge in [-0.05, 0) is 50.1 Å². The van der Waals surface area contributed by atoms with Crippen LogP contribution >= 0.6 is 31.9 Å². The largest absolute Gasteiger partial charge is 0.436 e. The van der Waals surface area contributed by atoms with Gasteiger partial charge in [0.25, 0.3) is 0 Å². The molecule has 0 radical (unpaired) electrons.